The SMILES string of the molecule is CC1(NC(=O)Nc2ccc3ncc(C(C=NC4CCNCC4)=CN)cc3n2)CCCC1. The number of nitrogens with two attached hydrogens (primary N) is 1. The molecule has 2 fully saturated rings. The van der Waals surface area contributed by atoms with Crippen LogP contribution in [0.2, 0.25) is 0 Å². The molecular weight excluding hydrogens is 390 g/mol. The monoisotopic (exact) mass is 421 g/mol. The Morgan fingerprint density at radius 2 is 2.03 bits per heavy atom. The summed E-state index contributed by atoms with van der Waals surface area (Å²) in [5.41, 5.74) is 8.84. The predicted octanol–water partition coefficient (Wildman–Crippen LogP) is 3.21. The minimum Gasteiger partial charge on any atom is -0.404 e. The molecule has 8 heteroatoms. The third kappa shape index (κ3) is 5.38. The summed E-state index contributed by atoms with van der Waals surface area (Å²) in [7, 11) is 0. The van der Waals surface area contributed by atoms with Crippen LogP contribution in [0.3, 0.4) is 0 Å². The summed E-state index contributed by atoms with van der Waals surface area (Å²) in [5.74, 6) is 0.493. The van der Waals surface area contributed by atoms with Crippen LogP contribution in [0.4, 0.5) is 10.6 Å². The lowest BCUT2D eigenvalue weighted by molar-refractivity contribution is 0.239. The summed E-state index contributed by atoms with van der Waals surface area (Å²) >= 11 is 0. The zero-order valence-electron chi connectivity index (χ0n) is 18.0. The van der Waals surface area contributed by atoms with E-state index in [9.17, 15) is 4.79 Å². The molecule has 5 N–H and O–H groups in total. The zero-order chi connectivity index (χ0) is 21.7. The van der Waals surface area contributed by atoms with E-state index in [2.05, 4.69) is 32.8 Å². The van der Waals surface area contributed by atoms with E-state index < -0.39 is 0 Å². The Morgan fingerprint density at radius 1 is 1.26 bits per heavy atom. The van der Waals surface area contributed by atoms with Crippen molar-refractivity contribution in [3.05, 3.63) is 36.2 Å². The highest BCUT2D eigenvalue weighted by molar-refractivity contribution is 6.10. The number of amides is 2. The Hall–Kier alpha value is -3.00. The number of urea groups is 1. The standard InChI is InChI=1S/C23H31N7O/c1-23(8-2-3-9-23)30-22(31)29-21-5-4-19-20(28-21)12-16(14-27-19)17(13-24)15-26-18-6-10-25-11-7-18/h4-5,12-15,18,25H,2-3,6-11,24H2,1H3,(H2,28,29,30,31). The van der Waals surface area contributed by atoms with Crippen LogP contribution >= 0.6 is 0 Å². The summed E-state index contributed by atoms with van der Waals surface area (Å²) in [6, 6.07) is 5.64. The molecular formula is C23H31N7O. The lowest BCUT2D eigenvalue weighted by Crippen LogP contribution is -2.45. The number of hydrogen-bond donors (Lipinski definition) is 4. The molecule has 164 valence electrons. The molecule has 4 rings (SSSR count). The topological polar surface area (TPSA) is 117 Å². The van der Waals surface area contributed by atoms with Gasteiger partial charge in [0.1, 0.15) is 5.82 Å². The maximum absolute atomic E-state index is 12.4. The number of aromatic nitrogens is 2. The number of hydrogen-bond acceptors (Lipinski definition) is 6. The second-order valence-electron chi connectivity index (χ2n) is 8.69. The molecule has 0 spiro atoms. The Bertz CT molecular complexity index is 989. The maximum Gasteiger partial charge on any atom is 0.320 e. The molecule has 8 nitrogen and oxygen atoms in total. The van der Waals surface area contributed by atoms with Crippen LogP contribution in [0.5, 0.6) is 0 Å². The first-order valence-electron chi connectivity index (χ1n) is 11.1. The van der Waals surface area contributed by atoms with E-state index in [0.29, 0.717) is 17.4 Å². The molecule has 1 aliphatic heterocycles. The molecule has 1 aliphatic carbocycles. The van der Waals surface area contributed by atoms with Crippen molar-refractivity contribution in [3.63, 3.8) is 0 Å². The molecule has 1 saturated carbocycles. The number of rotatable bonds is 5. The summed E-state index contributed by atoms with van der Waals surface area (Å²) in [5, 5.41) is 9.28. The van der Waals surface area contributed by atoms with Crippen LogP contribution in [-0.2, 0) is 0 Å². The smallest absolute Gasteiger partial charge is 0.320 e. The Morgan fingerprint density at radius 3 is 2.77 bits per heavy atom. The number of aliphatic imine (C=N–C) groups is 1. The van der Waals surface area contributed by atoms with Crippen molar-refractivity contribution < 1.29 is 4.79 Å². The molecule has 0 unspecified atom stereocenters. The van der Waals surface area contributed by atoms with Gasteiger partial charge in [0.05, 0.1) is 17.1 Å². The summed E-state index contributed by atoms with van der Waals surface area (Å²) in [6.07, 6.45) is 11.5. The molecule has 31 heavy (non-hydrogen) atoms. The number of piperidine rings is 1. The number of carbonyl (C=O) groups excluding carboxylic acids is 1. The van der Waals surface area contributed by atoms with E-state index >= 15 is 0 Å². The van der Waals surface area contributed by atoms with Gasteiger partial charge >= 0.3 is 6.03 Å². The van der Waals surface area contributed by atoms with Crippen LogP contribution in [0, 0.1) is 0 Å². The minimum absolute atomic E-state index is 0.135. The van der Waals surface area contributed by atoms with E-state index in [4.69, 9.17) is 10.7 Å². The number of nitrogens with zero attached hydrogens (tertiary/aromatic N) is 3. The first kappa shape index (κ1) is 21.2. The lowest BCUT2D eigenvalue weighted by atomic mass is 10.0. The average Bonchev–Trinajstić information content (AvgIpc) is 3.20. The van der Waals surface area contributed by atoms with E-state index in [1.165, 1.54) is 0 Å². The number of pyridine rings is 2. The number of allylic oxidation sites excluding steroid dienone is 1. The quantitative estimate of drug-likeness (QED) is 0.553. The summed E-state index contributed by atoms with van der Waals surface area (Å²) < 4.78 is 0. The van der Waals surface area contributed by atoms with Gasteiger partial charge in [0, 0.05) is 35.3 Å². The fraction of sp³-hybridized carbons (Fsp3) is 0.478. The van der Waals surface area contributed by atoms with Crippen molar-refractivity contribution in [1.82, 2.24) is 20.6 Å². The molecule has 0 bridgehead atoms. The van der Waals surface area contributed by atoms with Gasteiger partial charge in [-0.15, -0.1) is 0 Å². The van der Waals surface area contributed by atoms with Gasteiger partial charge in [0.25, 0.3) is 0 Å². The van der Waals surface area contributed by atoms with E-state index in [1.54, 1.807) is 18.5 Å². The highest BCUT2D eigenvalue weighted by Gasteiger charge is 2.30. The van der Waals surface area contributed by atoms with Gasteiger partial charge in [-0.3, -0.25) is 15.3 Å². The zero-order valence-corrected chi connectivity index (χ0v) is 18.0. The Balaban J connectivity index is 1.48. The van der Waals surface area contributed by atoms with Crippen molar-refractivity contribution in [3.8, 4) is 0 Å². The van der Waals surface area contributed by atoms with Gasteiger partial charge in [-0.2, -0.15) is 0 Å². The summed E-state index contributed by atoms with van der Waals surface area (Å²) in [6.45, 7) is 4.08. The average molecular weight is 422 g/mol. The molecule has 2 aromatic rings. The van der Waals surface area contributed by atoms with Gasteiger partial charge in [-0.05, 0) is 63.9 Å². The second kappa shape index (κ2) is 9.43. The Kier molecular flexibility index (Phi) is 6.46. The molecule has 2 amide bonds. The summed E-state index contributed by atoms with van der Waals surface area (Å²) in [4.78, 5) is 26.2. The molecule has 0 atom stereocenters. The van der Waals surface area contributed by atoms with Crippen LogP contribution in [0.15, 0.2) is 35.6 Å². The molecule has 0 radical (unpaired) electrons. The predicted molar refractivity (Wildman–Crippen MR) is 125 cm³/mol. The third-order valence-electron chi connectivity index (χ3n) is 6.15. The van der Waals surface area contributed by atoms with Crippen molar-refractivity contribution in [1.29, 1.82) is 0 Å². The third-order valence-corrected chi connectivity index (χ3v) is 6.15. The highest BCUT2D eigenvalue weighted by atomic mass is 16.2. The van der Waals surface area contributed by atoms with Gasteiger partial charge < -0.3 is 16.4 Å². The first-order chi connectivity index (χ1) is 15.0. The van der Waals surface area contributed by atoms with Crippen LogP contribution in [-0.4, -0.2) is 46.9 Å². The lowest BCUT2D eigenvalue weighted by Gasteiger charge is -2.25. The number of fused-ring (bicyclic) bond motifs is 1. The van der Waals surface area contributed by atoms with Crippen molar-refractivity contribution in [2.24, 2.45) is 10.7 Å². The second-order valence-corrected chi connectivity index (χ2v) is 8.69. The van der Waals surface area contributed by atoms with Gasteiger partial charge in [-0.25, -0.2) is 9.78 Å². The molecule has 3 heterocycles. The number of carbonyl (C=O) groups is 1. The first-order valence-corrected chi connectivity index (χ1v) is 11.1. The van der Waals surface area contributed by atoms with Gasteiger partial charge in [0.2, 0.25) is 0 Å². The van der Waals surface area contributed by atoms with Crippen molar-refractivity contribution in [2.45, 2.75) is 57.0 Å². The van der Waals surface area contributed by atoms with Gasteiger partial charge in [0.15, 0.2) is 0 Å². The number of anilines is 1. The normalized spacial score (nSPS) is 19.7. The van der Waals surface area contributed by atoms with Crippen LogP contribution < -0.4 is 21.7 Å². The largest absolute Gasteiger partial charge is 0.404 e. The molecule has 2 aliphatic rings. The highest BCUT2D eigenvalue weighted by Crippen LogP contribution is 2.29. The minimum atomic E-state index is -0.225. The van der Waals surface area contributed by atoms with Crippen LogP contribution in [0.25, 0.3) is 16.6 Å². The van der Waals surface area contributed by atoms with E-state index in [1.807, 2.05) is 18.3 Å². The van der Waals surface area contributed by atoms with Crippen LogP contribution in [0.1, 0.15) is 51.0 Å². The van der Waals surface area contributed by atoms with E-state index in [-0.39, 0.29) is 11.6 Å². The maximum atomic E-state index is 12.4. The van der Waals surface area contributed by atoms with Crippen molar-refractivity contribution in [2.75, 3.05) is 18.4 Å². The van der Waals surface area contributed by atoms with Crippen molar-refractivity contribution >= 4 is 34.7 Å². The van der Waals surface area contributed by atoms with E-state index in [0.717, 1.165) is 68.3 Å². The molecule has 2 aromatic heterocycles. The van der Waals surface area contributed by atoms with Gasteiger partial charge in [-0.1, -0.05) is 12.8 Å². The molecule has 1 saturated heterocycles. The number of nitrogens with one attached hydrogen (secondary N) is 3. The Labute approximate surface area is 182 Å². The fourth-order valence-corrected chi connectivity index (χ4v) is 4.29. The molecule has 0 aromatic carbocycles. The fourth-order valence-electron chi connectivity index (χ4n) is 4.29.